The van der Waals surface area contributed by atoms with Gasteiger partial charge in [-0.2, -0.15) is 0 Å². The molecule has 0 radical (unpaired) electrons. The molecule has 41 heavy (non-hydrogen) atoms. The summed E-state index contributed by atoms with van der Waals surface area (Å²) in [5.41, 5.74) is 4.53. The van der Waals surface area contributed by atoms with E-state index in [2.05, 4.69) is 21.3 Å². The van der Waals surface area contributed by atoms with E-state index in [1.807, 2.05) is 34.6 Å². The van der Waals surface area contributed by atoms with E-state index >= 15 is 0 Å². The summed E-state index contributed by atoms with van der Waals surface area (Å²) >= 11 is 0. The number of piperidine rings is 1. The molecule has 1 unspecified atom stereocenters. The van der Waals surface area contributed by atoms with Gasteiger partial charge in [0, 0.05) is 13.1 Å². The average molecular weight is 575 g/mol. The Labute approximate surface area is 241 Å². The Morgan fingerprint density at radius 2 is 1.56 bits per heavy atom. The highest BCUT2D eigenvalue weighted by atomic mass is 16.2. The van der Waals surface area contributed by atoms with E-state index in [9.17, 15) is 28.8 Å². The molecule has 0 aromatic rings. The normalized spacial score (nSPS) is 25.4. The highest BCUT2D eigenvalue weighted by Gasteiger charge is 2.58. The fraction of sp³-hybridized carbons (Fsp3) is 0.793. The number of hydrogen-bond acceptors (Lipinski definition) is 6. The molecule has 4 aliphatic rings. The van der Waals surface area contributed by atoms with Crippen molar-refractivity contribution in [2.24, 2.45) is 40.7 Å². The van der Waals surface area contributed by atoms with Crippen LogP contribution in [-0.2, 0) is 24.0 Å². The number of carbonyl (C=O) groups is 6. The summed E-state index contributed by atoms with van der Waals surface area (Å²) in [7, 11) is 0. The van der Waals surface area contributed by atoms with Crippen molar-refractivity contribution in [3.05, 3.63) is 0 Å². The first kappa shape index (κ1) is 30.8. The molecule has 1 heterocycles. The van der Waals surface area contributed by atoms with E-state index in [0.717, 1.165) is 32.1 Å². The van der Waals surface area contributed by atoms with Gasteiger partial charge in [-0.05, 0) is 60.7 Å². The number of urea groups is 1. The maximum atomic E-state index is 13.9. The predicted octanol–water partition coefficient (Wildman–Crippen LogP) is 0.437. The Bertz CT molecular complexity index is 1080. The van der Waals surface area contributed by atoms with Crippen molar-refractivity contribution >= 4 is 35.4 Å². The third kappa shape index (κ3) is 7.77. The number of likely N-dealkylation sites (tertiary alicyclic amines) is 1. The van der Waals surface area contributed by atoms with Crippen LogP contribution in [0.3, 0.4) is 0 Å². The van der Waals surface area contributed by atoms with Gasteiger partial charge in [-0.15, -0.1) is 0 Å². The first-order valence-corrected chi connectivity index (χ1v) is 15.0. The summed E-state index contributed by atoms with van der Waals surface area (Å²) in [5.74, 6) is -2.36. The zero-order valence-electron chi connectivity index (χ0n) is 24.8. The molecular weight excluding hydrogens is 528 g/mol. The monoisotopic (exact) mass is 574 g/mol. The van der Waals surface area contributed by atoms with E-state index in [-0.39, 0.29) is 29.6 Å². The van der Waals surface area contributed by atoms with Gasteiger partial charge in [-0.3, -0.25) is 24.0 Å². The van der Waals surface area contributed by atoms with Crippen molar-refractivity contribution in [2.45, 2.75) is 97.3 Å². The summed E-state index contributed by atoms with van der Waals surface area (Å²) in [6, 6.07) is -4.20. The fourth-order valence-electron chi connectivity index (χ4n) is 5.72. The van der Waals surface area contributed by atoms with Crippen LogP contribution in [0.2, 0.25) is 0 Å². The molecule has 6 N–H and O–H groups in total. The summed E-state index contributed by atoms with van der Waals surface area (Å²) in [4.78, 5) is 78.9. The van der Waals surface area contributed by atoms with Gasteiger partial charge in [0.05, 0.1) is 6.04 Å². The van der Waals surface area contributed by atoms with Crippen molar-refractivity contribution in [3.63, 3.8) is 0 Å². The fourth-order valence-corrected chi connectivity index (χ4v) is 5.72. The summed E-state index contributed by atoms with van der Waals surface area (Å²) in [6.07, 6.45) is 5.18. The lowest BCUT2D eigenvalue weighted by Crippen LogP contribution is -2.62. The van der Waals surface area contributed by atoms with Gasteiger partial charge < -0.3 is 31.9 Å². The third-order valence-electron chi connectivity index (χ3n) is 8.73. The van der Waals surface area contributed by atoms with Gasteiger partial charge in [-0.1, -0.05) is 47.5 Å². The Kier molecular flexibility index (Phi) is 8.98. The number of carbonyl (C=O) groups excluding carboxylic acids is 6. The molecule has 12 nitrogen and oxygen atoms in total. The minimum absolute atomic E-state index is 0.0425. The van der Waals surface area contributed by atoms with Crippen molar-refractivity contribution in [3.8, 4) is 0 Å². The zero-order chi connectivity index (χ0) is 30.2. The van der Waals surface area contributed by atoms with Crippen LogP contribution in [0.1, 0.15) is 73.1 Å². The van der Waals surface area contributed by atoms with Gasteiger partial charge in [0.15, 0.2) is 0 Å². The molecule has 0 aromatic carbocycles. The molecule has 6 atom stereocenters. The minimum atomic E-state index is -1.09. The first-order valence-electron chi connectivity index (χ1n) is 15.0. The van der Waals surface area contributed by atoms with Crippen LogP contribution in [0.25, 0.3) is 0 Å². The third-order valence-corrected chi connectivity index (χ3v) is 8.73. The maximum absolute atomic E-state index is 13.9. The Morgan fingerprint density at radius 3 is 2.10 bits per heavy atom. The largest absolute Gasteiger partial charge is 0.363 e. The van der Waals surface area contributed by atoms with Crippen LogP contribution in [0, 0.1) is 35.0 Å². The van der Waals surface area contributed by atoms with Crippen LogP contribution >= 0.6 is 0 Å². The number of rotatable bonds is 13. The van der Waals surface area contributed by atoms with Crippen molar-refractivity contribution < 1.29 is 28.8 Å². The Balaban J connectivity index is 1.43. The molecular formula is C29H46N6O6. The molecule has 3 aliphatic carbocycles. The van der Waals surface area contributed by atoms with E-state index < -0.39 is 59.1 Å². The maximum Gasteiger partial charge on any atom is 0.316 e. The SMILES string of the molecule is CC(C)[C@H](NC(=O)N[C@H](C(=O)N1C[C@@H]2C[C@@H]2[C@H]1C(=O)NC(CC1CC1)C(=O)C(N)=O)C(C)(C)C)C(=O)NCC1CC1. The summed E-state index contributed by atoms with van der Waals surface area (Å²) in [5, 5.41) is 11.1. The highest BCUT2D eigenvalue weighted by Crippen LogP contribution is 2.50. The molecule has 1 aliphatic heterocycles. The number of nitrogens with two attached hydrogens (primary N) is 1. The number of primary amides is 1. The van der Waals surface area contributed by atoms with Crippen molar-refractivity contribution in [1.29, 1.82) is 0 Å². The van der Waals surface area contributed by atoms with E-state index in [1.165, 1.54) is 4.90 Å². The van der Waals surface area contributed by atoms with Crippen LogP contribution in [0.15, 0.2) is 0 Å². The van der Waals surface area contributed by atoms with Gasteiger partial charge >= 0.3 is 6.03 Å². The number of nitrogens with zero attached hydrogens (tertiary/aromatic N) is 1. The molecule has 1 saturated heterocycles. The molecule has 4 fully saturated rings. The second-order valence-corrected chi connectivity index (χ2v) is 13.9. The van der Waals surface area contributed by atoms with Gasteiger partial charge in [0.2, 0.25) is 23.5 Å². The Morgan fingerprint density at radius 1 is 0.927 bits per heavy atom. The summed E-state index contributed by atoms with van der Waals surface area (Å²) < 4.78 is 0. The molecule has 0 bridgehead atoms. The molecule has 0 aromatic heterocycles. The molecule has 6 amide bonds. The standard InChI is InChI=1S/C29H46N6O6/c1-14(2)20(25(38)31-12-16-8-9-16)33-28(41)34-23(29(3,4)5)27(40)35-13-17-11-18(17)21(35)26(39)32-19(10-15-6-7-15)22(36)24(30)37/h14-21,23H,6-13H2,1-5H3,(H2,30,37)(H,31,38)(H,32,39)(H2,33,34,41)/t17-,18-,19?,20-,21-,23+/m0/s1. The summed E-state index contributed by atoms with van der Waals surface area (Å²) in [6.45, 7) is 10.1. The van der Waals surface area contributed by atoms with Gasteiger partial charge in [0.1, 0.15) is 18.1 Å². The van der Waals surface area contributed by atoms with Crippen LogP contribution < -0.4 is 27.0 Å². The van der Waals surface area contributed by atoms with Gasteiger partial charge in [-0.25, -0.2) is 4.79 Å². The Hall–Kier alpha value is -3.18. The lowest BCUT2D eigenvalue weighted by molar-refractivity contribution is -0.144. The van der Waals surface area contributed by atoms with Crippen LogP contribution in [-0.4, -0.2) is 77.6 Å². The second kappa shape index (κ2) is 12.0. The quantitative estimate of drug-likeness (QED) is 0.199. The number of amides is 6. The number of fused-ring (bicyclic) bond motifs is 1. The van der Waals surface area contributed by atoms with Crippen LogP contribution in [0.5, 0.6) is 0 Å². The number of nitrogens with one attached hydrogen (secondary N) is 4. The second-order valence-electron chi connectivity index (χ2n) is 13.9. The number of ketones is 1. The number of Topliss-reactive ketones (excluding diaryl/α,β-unsaturated/α-hetero) is 1. The molecule has 12 heteroatoms. The van der Waals surface area contributed by atoms with Crippen molar-refractivity contribution in [2.75, 3.05) is 13.1 Å². The van der Waals surface area contributed by atoms with Gasteiger partial charge in [0.25, 0.3) is 5.91 Å². The highest BCUT2D eigenvalue weighted by molar-refractivity contribution is 6.37. The predicted molar refractivity (Wildman–Crippen MR) is 150 cm³/mol. The minimum Gasteiger partial charge on any atom is -0.363 e. The van der Waals surface area contributed by atoms with Crippen LogP contribution in [0.4, 0.5) is 4.79 Å². The lowest BCUT2D eigenvalue weighted by Gasteiger charge is -2.37. The topological polar surface area (TPSA) is 180 Å². The van der Waals surface area contributed by atoms with E-state index in [4.69, 9.17) is 5.73 Å². The average Bonchev–Trinajstić information content (AvgIpc) is 3.77. The van der Waals surface area contributed by atoms with Crippen molar-refractivity contribution in [1.82, 2.24) is 26.2 Å². The zero-order valence-corrected chi connectivity index (χ0v) is 24.8. The molecule has 4 rings (SSSR count). The molecule has 228 valence electrons. The lowest BCUT2D eigenvalue weighted by atomic mass is 9.85. The number of hydrogen-bond donors (Lipinski definition) is 5. The van der Waals surface area contributed by atoms with E-state index in [0.29, 0.717) is 25.4 Å². The van der Waals surface area contributed by atoms with E-state index in [1.54, 1.807) is 0 Å². The molecule has 3 saturated carbocycles. The molecule has 0 spiro atoms. The first-order chi connectivity index (χ1) is 19.2. The smallest absolute Gasteiger partial charge is 0.316 e.